The molecular weight excluding hydrogens is 240 g/mol. The number of amides is 2. The lowest BCUT2D eigenvalue weighted by molar-refractivity contribution is -0.141. The molecule has 0 saturated carbocycles. The lowest BCUT2D eigenvalue weighted by Gasteiger charge is -2.24. The predicted octanol–water partition coefficient (Wildman–Crippen LogP) is -0.359. The van der Waals surface area contributed by atoms with Crippen molar-refractivity contribution in [1.29, 1.82) is 0 Å². The van der Waals surface area contributed by atoms with Crippen molar-refractivity contribution in [1.82, 2.24) is 10.2 Å². The minimum absolute atomic E-state index is 0.0554. The first kappa shape index (κ1) is 14.7. The highest BCUT2D eigenvalue weighted by Gasteiger charge is 2.39. The second kappa shape index (κ2) is 6.55. The number of carboxylic acids is 1. The summed E-state index contributed by atoms with van der Waals surface area (Å²) in [5, 5.41) is 21.1. The summed E-state index contributed by atoms with van der Waals surface area (Å²) in [6.45, 7) is 2.39. The number of aliphatic hydroxyl groups excluding tert-OH is 1. The number of methoxy groups -OCH3 is 1. The van der Waals surface area contributed by atoms with Gasteiger partial charge in [-0.25, -0.2) is 9.59 Å². The van der Waals surface area contributed by atoms with Crippen LogP contribution in [0.4, 0.5) is 4.79 Å². The van der Waals surface area contributed by atoms with Gasteiger partial charge in [-0.1, -0.05) is 0 Å². The Bertz CT molecular complexity index is 310. The molecule has 3 unspecified atom stereocenters. The molecule has 3 atom stereocenters. The summed E-state index contributed by atoms with van der Waals surface area (Å²) in [5.41, 5.74) is 0. The molecule has 1 saturated heterocycles. The van der Waals surface area contributed by atoms with E-state index in [0.29, 0.717) is 13.0 Å². The Morgan fingerprint density at radius 2 is 2.22 bits per heavy atom. The van der Waals surface area contributed by atoms with Crippen LogP contribution in [0, 0.1) is 0 Å². The van der Waals surface area contributed by atoms with Gasteiger partial charge in [0, 0.05) is 32.7 Å². The van der Waals surface area contributed by atoms with Crippen molar-refractivity contribution in [2.24, 2.45) is 0 Å². The minimum Gasteiger partial charge on any atom is -0.480 e. The van der Waals surface area contributed by atoms with Crippen LogP contribution in [0.15, 0.2) is 0 Å². The molecule has 1 fully saturated rings. The van der Waals surface area contributed by atoms with Crippen LogP contribution >= 0.6 is 0 Å². The lowest BCUT2D eigenvalue weighted by atomic mass is 10.2. The number of carboxylic acid groups (broad SMARTS) is 1. The molecule has 0 aromatic heterocycles. The standard InChI is InChI=1S/C11H20N2O5/c1-7(3-4-18-2)12-11(17)13-6-8(14)5-9(13)10(15)16/h7-9,14H,3-6H2,1-2H3,(H,12,17)(H,15,16). The number of likely N-dealkylation sites (tertiary alicyclic amines) is 1. The third-order valence-electron chi connectivity index (χ3n) is 2.95. The summed E-state index contributed by atoms with van der Waals surface area (Å²) >= 11 is 0. The summed E-state index contributed by atoms with van der Waals surface area (Å²) in [6.07, 6.45) is -0.0443. The molecule has 3 N–H and O–H groups in total. The average Bonchev–Trinajstić information content (AvgIpc) is 2.69. The lowest BCUT2D eigenvalue weighted by Crippen LogP contribution is -2.48. The Morgan fingerprint density at radius 1 is 1.56 bits per heavy atom. The van der Waals surface area contributed by atoms with Gasteiger partial charge in [0.15, 0.2) is 0 Å². The van der Waals surface area contributed by atoms with Crippen LogP contribution in [0.25, 0.3) is 0 Å². The summed E-state index contributed by atoms with van der Waals surface area (Å²) in [7, 11) is 1.58. The number of nitrogens with one attached hydrogen (secondary N) is 1. The number of hydrogen-bond acceptors (Lipinski definition) is 4. The highest BCUT2D eigenvalue weighted by Crippen LogP contribution is 2.18. The number of carbonyl (C=O) groups excluding carboxylic acids is 1. The van der Waals surface area contributed by atoms with Crippen molar-refractivity contribution in [3.63, 3.8) is 0 Å². The molecule has 7 heteroatoms. The molecule has 1 rings (SSSR count). The highest BCUT2D eigenvalue weighted by molar-refractivity contribution is 5.83. The zero-order valence-electron chi connectivity index (χ0n) is 10.6. The summed E-state index contributed by atoms with van der Waals surface area (Å²) in [4.78, 5) is 24.0. The molecule has 0 aliphatic carbocycles. The molecule has 104 valence electrons. The van der Waals surface area contributed by atoms with Crippen molar-refractivity contribution in [2.75, 3.05) is 20.3 Å². The summed E-state index contributed by atoms with van der Waals surface area (Å²) in [6, 6.07) is -1.51. The van der Waals surface area contributed by atoms with Crippen LogP contribution < -0.4 is 5.32 Å². The average molecular weight is 260 g/mol. The van der Waals surface area contributed by atoms with Gasteiger partial charge in [0.2, 0.25) is 0 Å². The van der Waals surface area contributed by atoms with Gasteiger partial charge in [-0.05, 0) is 13.3 Å². The smallest absolute Gasteiger partial charge is 0.326 e. The Kier molecular flexibility index (Phi) is 5.36. The van der Waals surface area contributed by atoms with Crippen molar-refractivity contribution in [3.05, 3.63) is 0 Å². The number of β-amino-alcohol motifs (C(OH)–C–C–N with tert-alkyl or cyclic N) is 1. The number of ether oxygens (including phenoxy) is 1. The van der Waals surface area contributed by atoms with Crippen LogP contribution in [-0.2, 0) is 9.53 Å². The van der Waals surface area contributed by atoms with Gasteiger partial charge in [0.25, 0.3) is 0 Å². The quantitative estimate of drug-likeness (QED) is 0.627. The van der Waals surface area contributed by atoms with Crippen LogP contribution in [0.1, 0.15) is 19.8 Å². The number of hydrogen-bond donors (Lipinski definition) is 3. The summed E-state index contributed by atoms with van der Waals surface area (Å²) < 4.78 is 4.90. The van der Waals surface area contributed by atoms with Gasteiger partial charge < -0.3 is 25.2 Å². The third kappa shape index (κ3) is 3.85. The monoisotopic (exact) mass is 260 g/mol. The number of aliphatic hydroxyl groups is 1. The van der Waals surface area contributed by atoms with Crippen molar-refractivity contribution >= 4 is 12.0 Å². The van der Waals surface area contributed by atoms with E-state index < -0.39 is 24.1 Å². The van der Waals surface area contributed by atoms with Gasteiger partial charge in [-0.15, -0.1) is 0 Å². The topological polar surface area (TPSA) is 99.1 Å². The first-order valence-corrected chi connectivity index (χ1v) is 5.92. The van der Waals surface area contributed by atoms with Gasteiger partial charge in [-0.3, -0.25) is 0 Å². The normalized spacial score (nSPS) is 24.9. The van der Waals surface area contributed by atoms with Crippen molar-refractivity contribution in [2.45, 2.75) is 38.0 Å². The molecule has 1 aliphatic heterocycles. The van der Waals surface area contributed by atoms with E-state index in [4.69, 9.17) is 9.84 Å². The molecule has 0 spiro atoms. The number of urea groups is 1. The zero-order chi connectivity index (χ0) is 13.7. The second-order valence-corrected chi connectivity index (χ2v) is 4.53. The number of nitrogens with zero attached hydrogens (tertiary/aromatic N) is 1. The molecule has 0 bridgehead atoms. The van der Waals surface area contributed by atoms with Crippen LogP contribution in [0.5, 0.6) is 0 Å². The van der Waals surface area contributed by atoms with E-state index in [1.807, 2.05) is 6.92 Å². The fourth-order valence-electron chi connectivity index (χ4n) is 1.93. The van der Waals surface area contributed by atoms with Gasteiger partial charge in [0.1, 0.15) is 6.04 Å². The van der Waals surface area contributed by atoms with E-state index in [0.717, 1.165) is 4.90 Å². The highest BCUT2D eigenvalue weighted by atomic mass is 16.5. The minimum atomic E-state index is -1.09. The SMILES string of the molecule is COCCC(C)NC(=O)N1CC(O)CC1C(=O)O. The molecule has 0 aromatic carbocycles. The Hall–Kier alpha value is -1.34. The molecule has 2 amide bonds. The van der Waals surface area contributed by atoms with Gasteiger partial charge in [-0.2, -0.15) is 0 Å². The maximum absolute atomic E-state index is 11.9. The Labute approximate surface area is 106 Å². The number of carbonyl (C=O) groups is 2. The summed E-state index contributed by atoms with van der Waals surface area (Å²) in [5.74, 6) is -1.09. The maximum Gasteiger partial charge on any atom is 0.326 e. The third-order valence-corrected chi connectivity index (χ3v) is 2.95. The predicted molar refractivity (Wildman–Crippen MR) is 63.2 cm³/mol. The second-order valence-electron chi connectivity index (χ2n) is 4.53. The van der Waals surface area contributed by atoms with Gasteiger partial charge in [0.05, 0.1) is 6.10 Å². The van der Waals surface area contributed by atoms with Crippen LogP contribution in [0.2, 0.25) is 0 Å². The largest absolute Gasteiger partial charge is 0.480 e. The molecule has 1 heterocycles. The van der Waals surface area contributed by atoms with Crippen LogP contribution in [-0.4, -0.2) is 65.6 Å². The Balaban J connectivity index is 2.52. The maximum atomic E-state index is 11.9. The molecular formula is C11H20N2O5. The van der Waals surface area contributed by atoms with Crippen LogP contribution in [0.3, 0.4) is 0 Å². The molecule has 0 aromatic rings. The molecule has 7 nitrogen and oxygen atoms in total. The van der Waals surface area contributed by atoms with E-state index in [2.05, 4.69) is 5.32 Å². The van der Waals surface area contributed by atoms with Crippen molar-refractivity contribution < 1.29 is 24.5 Å². The number of aliphatic carboxylic acids is 1. The van der Waals surface area contributed by atoms with E-state index in [-0.39, 0.29) is 19.0 Å². The van der Waals surface area contributed by atoms with E-state index in [1.54, 1.807) is 7.11 Å². The van der Waals surface area contributed by atoms with Crippen molar-refractivity contribution in [3.8, 4) is 0 Å². The first-order chi connectivity index (χ1) is 8.45. The van der Waals surface area contributed by atoms with E-state index in [1.165, 1.54) is 0 Å². The fourth-order valence-corrected chi connectivity index (χ4v) is 1.93. The van der Waals surface area contributed by atoms with E-state index in [9.17, 15) is 14.7 Å². The first-order valence-electron chi connectivity index (χ1n) is 5.92. The molecule has 1 aliphatic rings. The molecule has 18 heavy (non-hydrogen) atoms. The van der Waals surface area contributed by atoms with Gasteiger partial charge >= 0.3 is 12.0 Å². The fraction of sp³-hybridized carbons (Fsp3) is 0.818. The molecule has 0 radical (unpaired) electrons. The zero-order valence-corrected chi connectivity index (χ0v) is 10.6. The van der Waals surface area contributed by atoms with E-state index >= 15 is 0 Å². The Morgan fingerprint density at radius 3 is 2.78 bits per heavy atom. The number of rotatable bonds is 5.